The van der Waals surface area contributed by atoms with Crippen molar-refractivity contribution in [3.8, 4) is 11.5 Å². The third-order valence-electron chi connectivity index (χ3n) is 7.31. The molecule has 1 atom stereocenters. The molecule has 0 saturated carbocycles. The molecule has 1 heterocycles. The molecule has 8 nitrogen and oxygen atoms in total. The molecule has 5 rings (SSSR count). The lowest BCUT2D eigenvalue weighted by atomic mass is 9.82. The maximum absolute atomic E-state index is 13.8. The highest BCUT2D eigenvalue weighted by atomic mass is 19.3. The van der Waals surface area contributed by atoms with Crippen molar-refractivity contribution in [1.82, 2.24) is 4.90 Å². The van der Waals surface area contributed by atoms with Crippen molar-refractivity contribution >= 4 is 23.4 Å². The molecule has 0 radical (unpaired) electrons. The van der Waals surface area contributed by atoms with Gasteiger partial charge in [0.2, 0.25) is 11.6 Å². The number of likely N-dealkylation sites (N-methyl/N-ethyl adjacent to an activating group) is 1. The van der Waals surface area contributed by atoms with Gasteiger partial charge in [-0.3, -0.25) is 19.3 Å². The molecule has 2 N–H and O–H groups in total. The third-order valence-corrected chi connectivity index (χ3v) is 7.31. The van der Waals surface area contributed by atoms with Gasteiger partial charge in [0.1, 0.15) is 34.8 Å². The quantitative estimate of drug-likeness (QED) is 0.116. The number of nitrogens with zero attached hydrogens (tertiary/aromatic N) is 2. The molecule has 1 amide bonds. The van der Waals surface area contributed by atoms with Crippen LogP contribution in [-0.4, -0.2) is 48.6 Å². The van der Waals surface area contributed by atoms with Gasteiger partial charge in [0.25, 0.3) is 5.91 Å². The van der Waals surface area contributed by atoms with Crippen LogP contribution in [-0.2, 0) is 10.3 Å². The number of nitrogens with two attached hydrogens (primary N) is 1. The van der Waals surface area contributed by atoms with Gasteiger partial charge in [-0.15, -0.1) is 0 Å². The Labute approximate surface area is 278 Å². The fourth-order valence-electron chi connectivity index (χ4n) is 5.02. The van der Waals surface area contributed by atoms with Gasteiger partial charge >= 0.3 is 13.2 Å². The first kappa shape index (κ1) is 37.0. The van der Waals surface area contributed by atoms with E-state index in [1.165, 1.54) is 45.2 Å². The Morgan fingerprint density at radius 1 is 0.680 bits per heavy atom. The maximum atomic E-state index is 13.8. The number of guanidine groups is 1. The molecule has 0 spiro atoms. The number of rotatable bonds is 9. The number of ketones is 2. The van der Waals surface area contributed by atoms with E-state index in [4.69, 9.17) is 5.73 Å². The summed E-state index contributed by atoms with van der Waals surface area (Å²) in [4.78, 5) is 42.3. The van der Waals surface area contributed by atoms with Crippen LogP contribution < -0.4 is 15.2 Å². The molecule has 4 aromatic carbocycles. The van der Waals surface area contributed by atoms with Crippen LogP contribution in [0.3, 0.4) is 0 Å². The summed E-state index contributed by atoms with van der Waals surface area (Å²) in [7, 11) is 1.37. The number of hydrogen-bond acceptors (Lipinski definition) is 7. The van der Waals surface area contributed by atoms with Crippen LogP contribution in [0.5, 0.6) is 11.5 Å². The van der Waals surface area contributed by atoms with Gasteiger partial charge in [-0.1, -0.05) is 6.07 Å². The summed E-state index contributed by atoms with van der Waals surface area (Å²) >= 11 is 0. The van der Waals surface area contributed by atoms with Gasteiger partial charge in [-0.05, 0) is 90.7 Å². The molecule has 16 heteroatoms. The van der Waals surface area contributed by atoms with Crippen molar-refractivity contribution in [2.75, 3.05) is 7.05 Å². The molecule has 262 valence electrons. The first-order valence-electron chi connectivity index (χ1n) is 14.2. The minimum atomic E-state index is -3.02. The van der Waals surface area contributed by atoms with E-state index < -0.39 is 65.1 Å². The van der Waals surface area contributed by atoms with E-state index in [9.17, 15) is 49.5 Å². The highest BCUT2D eigenvalue weighted by Crippen LogP contribution is 2.41. The van der Waals surface area contributed by atoms with Crippen molar-refractivity contribution in [2.24, 2.45) is 10.7 Å². The fraction of sp³-hybridized carbons (Fsp3) is 0.176. The molecular weight excluding hydrogens is 682 g/mol. The molecule has 1 aliphatic rings. The number of aliphatic imine (C=N–C) groups is 1. The SMILES string of the molecule is Cc1cc(C(=O)C(=O)c2cc(F)cc(F)c2)ccc1OC(F)F.Cc1cc(C2(c3cc(F)cc(F)c3)N=C(N)N(C)C2=O)ccc1OC(F)F. The predicted octanol–water partition coefficient (Wildman–Crippen LogP) is 6.85. The second-order valence-corrected chi connectivity index (χ2v) is 10.7. The molecule has 0 saturated heterocycles. The van der Waals surface area contributed by atoms with Crippen molar-refractivity contribution < 1.29 is 59.0 Å². The molecule has 0 aromatic heterocycles. The Morgan fingerprint density at radius 2 is 1.14 bits per heavy atom. The zero-order valence-electron chi connectivity index (χ0n) is 26.1. The molecule has 1 aliphatic heterocycles. The first-order chi connectivity index (χ1) is 23.4. The first-order valence-corrected chi connectivity index (χ1v) is 14.2. The van der Waals surface area contributed by atoms with E-state index in [1.807, 2.05) is 0 Å². The van der Waals surface area contributed by atoms with Crippen LogP contribution in [0.15, 0.2) is 77.8 Å². The Balaban J connectivity index is 0.000000228. The summed E-state index contributed by atoms with van der Waals surface area (Å²) < 4.78 is 112. The Hall–Kier alpha value is -5.80. The smallest absolute Gasteiger partial charge is 0.387 e. The van der Waals surface area contributed by atoms with Crippen molar-refractivity contribution in [2.45, 2.75) is 32.6 Å². The summed E-state index contributed by atoms with van der Waals surface area (Å²) in [6.07, 6.45) is 0. The Kier molecular flexibility index (Phi) is 10.9. The van der Waals surface area contributed by atoms with E-state index in [1.54, 1.807) is 0 Å². The van der Waals surface area contributed by atoms with Gasteiger partial charge in [-0.25, -0.2) is 22.6 Å². The van der Waals surface area contributed by atoms with E-state index >= 15 is 0 Å². The number of carbonyl (C=O) groups is 3. The van der Waals surface area contributed by atoms with Crippen molar-refractivity contribution in [3.63, 3.8) is 0 Å². The van der Waals surface area contributed by atoms with E-state index in [0.29, 0.717) is 17.7 Å². The summed E-state index contributed by atoms with van der Waals surface area (Å²) in [6.45, 7) is -3.13. The zero-order chi connectivity index (χ0) is 37.1. The highest BCUT2D eigenvalue weighted by molar-refractivity contribution is 6.49. The molecule has 50 heavy (non-hydrogen) atoms. The summed E-state index contributed by atoms with van der Waals surface area (Å²) in [5, 5.41) is 0. The average Bonchev–Trinajstić information content (AvgIpc) is 3.26. The highest BCUT2D eigenvalue weighted by Gasteiger charge is 2.50. The summed E-state index contributed by atoms with van der Waals surface area (Å²) in [5.41, 5.74) is 4.06. The number of benzene rings is 4. The van der Waals surface area contributed by atoms with Gasteiger partial charge in [0.15, 0.2) is 11.5 Å². The second kappa shape index (κ2) is 14.8. The number of alkyl halides is 4. The largest absolute Gasteiger partial charge is 0.435 e. The van der Waals surface area contributed by atoms with Crippen molar-refractivity contribution in [3.05, 3.63) is 129 Å². The number of halogens is 8. The third kappa shape index (κ3) is 7.90. The van der Waals surface area contributed by atoms with Crippen LogP contribution >= 0.6 is 0 Å². The minimum Gasteiger partial charge on any atom is -0.435 e. The lowest BCUT2D eigenvalue weighted by molar-refractivity contribution is -0.129. The van der Waals surface area contributed by atoms with Gasteiger partial charge in [0, 0.05) is 30.3 Å². The summed E-state index contributed by atoms with van der Waals surface area (Å²) in [6, 6.07) is 12.1. The van der Waals surface area contributed by atoms with E-state index in [0.717, 1.165) is 41.3 Å². The standard InChI is InChI=1S/C18H15F4N3O2.C16H10F4O3/c1-9-5-10(3-4-14(9)27-16(21)22)18(15(26)25(2)17(23)24-18)11-6-12(19)8-13(20)7-11;1-8-4-9(2-3-13(8)23-16(19)20)14(21)15(22)10-5-11(17)7-12(18)6-10/h3-8,16H,1-2H3,(H2,23,24);2-7,16H,1H3. The summed E-state index contributed by atoms with van der Waals surface area (Å²) in [5.74, 6) is -6.89. The molecular formula is C34H25F8N3O5. The molecule has 0 fully saturated rings. The lowest BCUT2D eigenvalue weighted by Crippen LogP contribution is -2.41. The number of hydrogen-bond donors (Lipinski definition) is 1. The molecule has 0 aliphatic carbocycles. The minimum absolute atomic E-state index is 0.0702. The number of aryl methyl sites for hydroxylation is 2. The lowest BCUT2D eigenvalue weighted by Gasteiger charge is -2.27. The van der Waals surface area contributed by atoms with Gasteiger partial charge < -0.3 is 15.2 Å². The van der Waals surface area contributed by atoms with Gasteiger partial charge in [-0.2, -0.15) is 17.6 Å². The van der Waals surface area contributed by atoms with Crippen LogP contribution in [0.2, 0.25) is 0 Å². The Bertz CT molecular complexity index is 1970. The number of carbonyl (C=O) groups excluding carboxylic acids is 3. The zero-order valence-corrected chi connectivity index (χ0v) is 26.1. The topological polar surface area (TPSA) is 111 Å². The van der Waals surface area contributed by atoms with Crippen molar-refractivity contribution in [1.29, 1.82) is 0 Å². The number of amides is 1. The molecule has 4 aromatic rings. The number of Topliss-reactive ketones (excluding diaryl/α,β-unsaturated/α-hetero) is 2. The van der Waals surface area contributed by atoms with E-state index in [-0.39, 0.29) is 39.7 Å². The predicted molar refractivity (Wildman–Crippen MR) is 162 cm³/mol. The molecule has 1 unspecified atom stereocenters. The fourth-order valence-corrected chi connectivity index (χ4v) is 5.02. The van der Waals surface area contributed by atoms with Crippen LogP contribution in [0.25, 0.3) is 0 Å². The van der Waals surface area contributed by atoms with Crippen LogP contribution in [0.4, 0.5) is 35.1 Å². The normalized spacial score (nSPS) is 15.5. The Morgan fingerprint density at radius 3 is 1.58 bits per heavy atom. The second-order valence-electron chi connectivity index (χ2n) is 10.7. The number of ether oxygens (including phenoxy) is 2. The maximum Gasteiger partial charge on any atom is 0.387 e. The average molecular weight is 708 g/mol. The molecule has 0 bridgehead atoms. The van der Waals surface area contributed by atoms with Gasteiger partial charge in [0.05, 0.1) is 0 Å². The van der Waals surface area contributed by atoms with E-state index in [2.05, 4.69) is 14.5 Å². The monoisotopic (exact) mass is 707 g/mol. The van der Waals surface area contributed by atoms with Crippen LogP contribution in [0.1, 0.15) is 43.0 Å². The van der Waals surface area contributed by atoms with Crippen LogP contribution in [0, 0.1) is 37.1 Å².